The minimum absolute atomic E-state index is 0.108. The van der Waals surface area contributed by atoms with Gasteiger partial charge in [-0.1, -0.05) is 12.1 Å². The zero-order chi connectivity index (χ0) is 18.6. The van der Waals surface area contributed by atoms with Crippen LogP contribution in [0.5, 0.6) is 5.75 Å². The van der Waals surface area contributed by atoms with Gasteiger partial charge in [-0.3, -0.25) is 4.98 Å². The second kappa shape index (κ2) is 7.59. The molecule has 0 aliphatic heterocycles. The summed E-state index contributed by atoms with van der Waals surface area (Å²) in [6.07, 6.45) is 8.37. The number of rotatable bonds is 6. The van der Waals surface area contributed by atoms with Crippen molar-refractivity contribution in [1.82, 2.24) is 15.0 Å². The molecule has 0 saturated heterocycles. The lowest BCUT2D eigenvalue weighted by molar-refractivity contribution is -0.598. The molecule has 1 unspecified atom stereocenters. The molecule has 0 fully saturated rings. The van der Waals surface area contributed by atoms with Crippen LogP contribution in [0.4, 0.5) is 5.13 Å². The number of H-pyrrole nitrogens is 1. The van der Waals surface area contributed by atoms with Gasteiger partial charge in [-0.25, -0.2) is 9.55 Å². The van der Waals surface area contributed by atoms with E-state index in [1.165, 1.54) is 16.9 Å². The van der Waals surface area contributed by atoms with Gasteiger partial charge in [0.2, 0.25) is 0 Å². The molecule has 1 aromatic carbocycles. The van der Waals surface area contributed by atoms with E-state index in [9.17, 15) is 0 Å². The first kappa shape index (κ1) is 17.2. The van der Waals surface area contributed by atoms with Gasteiger partial charge in [0.15, 0.2) is 11.5 Å². The molecule has 27 heavy (non-hydrogen) atoms. The highest BCUT2D eigenvalue weighted by atomic mass is 32.1. The third-order valence-corrected chi connectivity index (χ3v) is 5.17. The molecule has 136 valence electrons. The largest absolute Gasteiger partial charge is 0.497 e. The maximum atomic E-state index is 5.88. The van der Waals surface area contributed by atoms with Crippen molar-refractivity contribution in [2.24, 2.45) is 0 Å². The van der Waals surface area contributed by atoms with Crippen molar-refractivity contribution in [1.29, 1.82) is 0 Å². The summed E-state index contributed by atoms with van der Waals surface area (Å²) in [5.74, 6) is 1.82. The van der Waals surface area contributed by atoms with E-state index >= 15 is 0 Å². The highest BCUT2D eigenvalue weighted by Crippen LogP contribution is 2.31. The number of nitrogens with one attached hydrogen (secondary N) is 1. The molecule has 3 aromatic heterocycles. The lowest BCUT2D eigenvalue weighted by atomic mass is 9.90. The molecule has 0 saturated carbocycles. The molecule has 0 aliphatic rings. The van der Waals surface area contributed by atoms with Gasteiger partial charge in [-0.05, 0) is 35.7 Å². The molecule has 0 radical (unpaired) electrons. The number of nitrogens with two attached hydrogens (primary N) is 1. The molecule has 1 atom stereocenters. The summed E-state index contributed by atoms with van der Waals surface area (Å²) in [6.45, 7) is 0. The van der Waals surface area contributed by atoms with Crippen LogP contribution in [0.3, 0.4) is 0 Å². The Balaban J connectivity index is 1.62. The molecule has 4 aromatic rings. The zero-order valence-corrected chi connectivity index (χ0v) is 15.7. The number of hydrogen-bond acceptors (Lipinski definition) is 5. The van der Waals surface area contributed by atoms with Crippen LogP contribution in [-0.4, -0.2) is 22.1 Å². The summed E-state index contributed by atoms with van der Waals surface area (Å²) in [5, 5.41) is 2.61. The minimum atomic E-state index is 0.108. The topological polar surface area (TPSA) is 80.7 Å². The van der Waals surface area contributed by atoms with Crippen molar-refractivity contribution in [3.05, 3.63) is 83.5 Å². The Morgan fingerprint density at radius 1 is 1.22 bits per heavy atom. The highest BCUT2D eigenvalue weighted by Gasteiger charge is 2.19. The average molecular weight is 378 g/mol. The fourth-order valence-corrected chi connectivity index (χ4v) is 3.66. The van der Waals surface area contributed by atoms with Crippen LogP contribution in [0.1, 0.15) is 22.7 Å². The fraction of sp³-hybridized carbons (Fsp3) is 0.150. The molecule has 3 N–H and O–H groups in total. The average Bonchev–Trinajstić information content (AvgIpc) is 3.39. The van der Waals surface area contributed by atoms with Crippen LogP contribution in [-0.2, 0) is 6.42 Å². The fourth-order valence-electron chi connectivity index (χ4n) is 3.05. The van der Waals surface area contributed by atoms with E-state index in [0.717, 1.165) is 29.2 Å². The van der Waals surface area contributed by atoms with E-state index in [1.807, 2.05) is 53.1 Å². The van der Waals surface area contributed by atoms with Gasteiger partial charge in [0.05, 0.1) is 19.0 Å². The molecule has 0 amide bonds. The monoisotopic (exact) mass is 378 g/mol. The number of imidazole rings is 1. The Kier molecular flexibility index (Phi) is 4.84. The number of methoxy groups -OCH3 is 1. The van der Waals surface area contributed by atoms with Gasteiger partial charge in [-0.15, -0.1) is 16.3 Å². The SMILES string of the molecule is COc1ccc(C(Cc2ccc(-[n+]3cc[nH]c3)nc2)c2csc(N)n2)cc1. The molecule has 0 bridgehead atoms. The smallest absolute Gasteiger partial charge is 0.266 e. The van der Waals surface area contributed by atoms with Crippen molar-refractivity contribution in [2.45, 2.75) is 12.3 Å². The van der Waals surface area contributed by atoms with Gasteiger partial charge in [0, 0.05) is 17.4 Å². The number of nitrogen functional groups attached to an aromatic ring is 1. The predicted molar refractivity (Wildman–Crippen MR) is 105 cm³/mol. The van der Waals surface area contributed by atoms with Gasteiger partial charge >= 0.3 is 0 Å². The Morgan fingerprint density at radius 2 is 2.07 bits per heavy atom. The number of ether oxygens (including phenoxy) is 1. The lowest BCUT2D eigenvalue weighted by Crippen LogP contribution is -2.28. The minimum Gasteiger partial charge on any atom is -0.497 e. The summed E-state index contributed by atoms with van der Waals surface area (Å²) in [5.41, 5.74) is 9.17. The van der Waals surface area contributed by atoms with Crippen molar-refractivity contribution < 1.29 is 9.30 Å². The van der Waals surface area contributed by atoms with E-state index in [1.54, 1.807) is 7.11 Å². The summed E-state index contributed by atoms with van der Waals surface area (Å²) < 4.78 is 7.21. The number of nitrogens with zero attached hydrogens (tertiary/aromatic N) is 3. The first-order chi connectivity index (χ1) is 13.2. The number of aromatic amines is 1. The Bertz CT molecular complexity index is 994. The van der Waals surface area contributed by atoms with Crippen LogP contribution in [0.25, 0.3) is 5.82 Å². The van der Waals surface area contributed by atoms with E-state index in [-0.39, 0.29) is 5.92 Å². The molecule has 7 heteroatoms. The van der Waals surface area contributed by atoms with Gasteiger partial charge in [0.1, 0.15) is 18.1 Å². The number of thiazole rings is 1. The van der Waals surface area contributed by atoms with E-state index in [4.69, 9.17) is 10.5 Å². The summed E-state index contributed by atoms with van der Waals surface area (Å²) >= 11 is 1.47. The number of anilines is 1. The zero-order valence-electron chi connectivity index (χ0n) is 14.9. The number of aromatic nitrogens is 4. The van der Waals surface area contributed by atoms with Crippen molar-refractivity contribution in [3.8, 4) is 11.6 Å². The molecule has 4 rings (SSSR count). The van der Waals surface area contributed by atoms with Crippen LogP contribution in [0, 0.1) is 0 Å². The van der Waals surface area contributed by atoms with Gasteiger partial charge < -0.3 is 10.5 Å². The summed E-state index contributed by atoms with van der Waals surface area (Å²) in [4.78, 5) is 12.1. The molecule has 6 nitrogen and oxygen atoms in total. The van der Waals surface area contributed by atoms with Crippen molar-refractivity contribution in [2.75, 3.05) is 12.8 Å². The van der Waals surface area contributed by atoms with Crippen LogP contribution in [0.2, 0.25) is 0 Å². The first-order valence-corrected chi connectivity index (χ1v) is 9.45. The first-order valence-electron chi connectivity index (χ1n) is 8.57. The van der Waals surface area contributed by atoms with Gasteiger partial charge in [-0.2, -0.15) is 0 Å². The van der Waals surface area contributed by atoms with Crippen molar-refractivity contribution >= 4 is 16.5 Å². The maximum Gasteiger partial charge on any atom is 0.266 e. The van der Waals surface area contributed by atoms with E-state index in [2.05, 4.69) is 33.2 Å². The van der Waals surface area contributed by atoms with Crippen LogP contribution in [0.15, 0.2) is 66.7 Å². The van der Waals surface area contributed by atoms with Gasteiger partial charge in [0.25, 0.3) is 5.82 Å². The third kappa shape index (κ3) is 3.83. The van der Waals surface area contributed by atoms with E-state index in [0.29, 0.717) is 5.13 Å². The maximum absolute atomic E-state index is 5.88. The summed E-state index contributed by atoms with van der Waals surface area (Å²) in [7, 11) is 1.67. The second-order valence-electron chi connectivity index (χ2n) is 6.18. The van der Waals surface area contributed by atoms with Crippen molar-refractivity contribution in [3.63, 3.8) is 0 Å². The standard InChI is InChI=1S/C20H19N5OS/c1-26-16-5-3-15(4-6-16)17(18-12-27-20(21)24-18)10-14-2-7-19(23-11-14)25-9-8-22-13-25/h2-9,11-13,17H,10H2,1H3,(H2,21,24)/p+1. The Hall–Kier alpha value is -3.19. The quantitative estimate of drug-likeness (QED) is 0.505. The highest BCUT2D eigenvalue weighted by molar-refractivity contribution is 7.13. The number of hydrogen-bond donors (Lipinski definition) is 2. The molecular weight excluding hydrogens is 358 g/mol. The molecular formula is C20H20N5OS+. The Labute approximate surface area is 161 Å². The van der Waals surface area contributed by atoms with Crippen LogP contribution >= 0.6 is 11.3 Å². The Morgan fingerprint density at radius 3 is 2.67 bits per heavy atom. The third-order valence-electron chi connectivity index (χ3n) is 4.47. The predicted octanol–water partition coefficient (Wildman–Crippen LogP) is 3.11. The lowest BCUT2D eigenvalue weighted by Gasteiger charge is -2.15. The molecule has 0 spiro atoms. The summed E-state index contributed by atoms with van der Waals surface area (Å²) in [6, 6.07) is 12.2. The number of benzene rings is 1. The molecule has 0 aliphatic carbocycles. The number of pyridine rings is 1. The normalized spacial score (nSPS) is 12.0. The van der Waals surface area contributed by atoms with E-state index < -0.39 is 0 Å². The molecule has 3 heterocycles. The van der Waals surface area contributed by atoms with Crippen LogP contribution < -0.4 is 15.0 Å². The second-order valence-corrected chi connectivity index (χ2v) is 7.07.